The zero-order chi connectivity index (χ0) is 17.7. The van der Waals surface area contributed by atoms with Crippen LogP contribution in [0.5, 0.6) is 0 Å². The second-order valence-electron chi connectivity index (χ2n) is 8.58. The first-order chi connectivity index (χ1) is 12.0. The van der Waals surface area contributed by atoms with E-state index < -0.39 is 6.04 Å². The molecule has 25 heavy (non-hydrogen) atoms. The fourth-order valence-corrected chi connectivity index (χ4v) is 5.32. The third-order valence-corrected chi connectivity index (χ3v) is 6.46. The zero-order valence-electron chi connectivity index (χ0n) is 15.2. The Hall–Kier alpha value is -1.65. The summed E-state index contributed by atoms with van der Waals surface area (Å²) in [5.41, 5.74) is 0. The summed E-state index contributed by atoms with van der Waals surface area (Å²) in [6.07, 6.45) is 8.88. The summed E-state index contributed by atoms with van der Waals surface area (Å²) in [4.78, 5) is 42.6. The van der Waals surface area contributed by atoms with Gasteiger partial charge in [0.1, 0.15) is 6.04 Å². The first kappa shape index (κ1) is 16.8. The van der Waals surface area contributed by atoms with Gasteiger partial charge < -0.3 is 4.90 Å². The van der Waals surface area contributed by atoms with E-state index in [1.165, 1.54) is 4.90 Å². The highest BCUT2D eigenvalue weighted by atomic mass is 16.2. The van der Waals surface area contributed by atoms with Crippen molar-refractivity contribution in [3.63, 3.8) is 0 Å². The Morgan fingerprint density at radius 3 is 2.12 bits per heavy atom. The van der Waals surface area contributed by atoms with Gasteiger partial charge in [0.15, 0.2) is 0 Å². The second-order valence-corrected chi connectivity index (χ2v) is 8.58. The van der Waals surface area contributed by atoms with E-state index in [9.17, 15) is 14.4 Å². The molecule has 4 rings (SSSR count). The van der Waals surface area contributed by atoms with Crippen LogP contribution in [-0.2, 0) is 14.4 Å². The molecule has 5 nitrogen and oxygen atoms in total. The molecule has 0 spiro atoms. The van der Waals surface area contributed by atoms with Crippen molar-refractivity contribution in [3.8, 4) is 0 Å². The van der Waals surface area contributed by atoms with E-state index in [2.05, 4.69) is 12.2 Å². The van der Waals surface area contributed by atoms with Crippen LogP contribution in [0, 0.1) is 29.6 Å². The lowest BCUT2D eigenvalue weighted by molar-refractivity contribution is -0.153. The van der Waals surface area contributed by atoms with E-state index in [1.54, 1.807) is 0 Å². The van der Waals surface area contributed by atoms with Crippen molar-refractivity contribution in [1.29, 1.82) is 0 Å². The lowest BCUT2D eigenvalue weighted by atomic mass is 9.85. The maximum absolute atomic E-state index is 13.2. The maximum atomic E-state index is 13.2. The fraction of sp³-hybridized carbons (Fsp3) is 0.750. The smallest absolute Gasteiger partial charge is 0.245 e. The van der Waals surface area contributed by atoms with Crippen LogP contribution in [-0.4, -0.2) is 46.7 Å². The molecule has 0 aromatic carbocycles. The van der Waals surface area contributed by atoms with Crippen molar-refractivity contribution in [2.45, 2.75) is 52.0 Å². The molecule has 2 aliphatic carbocycles. The van der Waals surface area contributed by atoms with Crippen molar-refractivity contribution in [2.75, 3.05) is 13.1 Å². The molecule has 0 radical (unpaired) electrons. The number of nitrogens with zero attached hydrogens (tertiary/aromatic N) is 2. The minimum atomic E-state index is -0.608. The van der Waals surface area contributed by atoms with Gasteiger partial charge in [0.05, 0.1) is 11.8 Å². The van der Waals surface area contributed by atoms with Gasteiger partial charge in [0.25, 0.3) is 0 Å². The first-order valence-corrected chi connectivity index (χ1v) is 9.83. The number of rotatable bonds is 4. The third kappa shape index (κ3) is 2.63. The topological polar surface area (TPSA) is 57.7 Å². The highest BCUT2D eigenvalue weighted by Crippen LogP contribution is 2.53. The molecule has 5 atom stereocenters. The number of hydrogen-bond acceptors (Lipinski definition) is 3. The summed E-state index contributed by atoms with van der Waals surface area (Å²) in [7, 11) is 0. The standard InChI is InChI=1S/C20H28N2O3/c1-12(2)10-15(18(23)21-8-4-3-5-9-21)22-19(24)16-13-6-7-14(11-13)17(16)20(22)25/h6-7,12-17H,3-5,8-11H2,1-2H3. The number of likely N-dealkylation sites (tertiary alicyclic amines) is 2. The number of imide groups is 1. The van der Waals surface area contributed by atoms with E-state index in [0.717, 1.165) is 38.8 Å². The SMILES string of the molecule is CC(C)CC(C(=O)N1CCCCC1)N1C(=O)C2C3C=CC(C3)C2C1=O. The predicted molar refractivity (Wildman–Crippen MR) is 93.2 cm³/mol. The molecule has 5 unspecified atom stereocenters. The molecule has 136 valence electrons. The van der Waals surface area contributed by atoms with Crippen molar-refractivity contribution in [2.24, 2.45) is 29.6 Å². The van der Waals surface area contributed by atoms with Crippen LogP contribution in [0.3, 0.4) is 0 Å². The van der Waals surface area contributed by atoms with Crippen LogP contribution in [0.25, 0.3) is 0 Å². The van der Waals surface area contributed by atoms with Crippen LogP contribution in [0.2, 0.25) is 0 Å². The summed E-state index contributed by atoms with van der Waals surface area (Å²) < 4.78 is 0. The van der Waals surface area contributed by atoms with Gasteiger partial charge in [0, 0.05) is 13.1 Å². The third-order valence-electron chi connectivity index (χ3n) is 6.46. The van der Waals surface area contributed by atoms with E-state index >= 15 is 0 Å². The summed E-state index contributed by atoms with van der Waals surface area (Å²) in [6, 6.07) is -0.608. The summed E-state index contributed by atoms with van der Waals surface area (Å²) >= 11 is 0. The zero-order valence-corrected chi connectivity index (χ0v) is 15.2. The highest BCUT2D eigenvalue weighted by molar-refractivity contribution is 6.09. The summed E-state index contributed by atoms with van der Waals surface area (Å²) in [5, 5.41) is 0. The van der Waals surface area contributed by atoms with Crippen LogP contribution in [0.15, 0.2) is 12.2 Å². The van der Waals surface area contributed by atoms with Gasteiger partial charge in [0.2, 0.25) is 17.7 Å². The second kappa shape index (κ2) is 6.26. The van der Waals surface area contributed by atoms with E-state index in [0.29, 0.717) is 6.42 Å². The normalized spacial score (nSPS) is 35.0. The largest absolute Gasteiger partial charge is 0.341 e. The van der Waals surface area contributed by atoms with Crippen molar-refractivity contribution < 1.29 is 14.4 Å². The number of allylic oxidation sites excluding steroid dienone is 2. The monoisotopic (exact) mass is 344 g/mol. The molecular weight excluding hydrogens is 316 g/mol. The quantitative estimate of drug-likeness (QED) is 0.580. The number of carbonyl (C=O) groups is 3. The maximum Gasteiger partial charge on any atom is 0.245 e. The summed E-state index contributed by atoms with van der Waals surface area (Å²) in [5.74, 6) is 0.0100. The van der Waals surface area contributed by atoms with Crippen LogP contribution < -0.4 is 0 Å². The molecule has 0 N–H and O–H groups in total. The predicted octanol–water partition coefficient (Wildman–Crippen LogP) is 2.22. The Balaban J connectivity index is 1.60. The molecule has 4 aliphatic rings. The van der Waals surface area contributed by atoms with Gasteiger partial charge in [-0.2, -0.15) is 0 Å². The molecule has 3 amide bonds. The van der Waals surface area contributed by atoms with E-state index in [4.69, 9.17) is 0 Å². The molecular formula is C20H28N2O3. The van der Waals surface area contributed by atoms with Crippen LogP contribution >= 0.6 is 0 Å². The van der Waals surface area contributed by atoms with Gasteiger partial charge >= 0.3 is 0 Å². The van der Waals surface area contributed by atoms with Gasteiger partial charge in [-0.15, -0.1) is 0 Å². The Kier molecular flexibility index (Phi) is 4.20. The Morgan fingerprint density at radius 2 is 1.60 bits per heavy atom. The number of hydrogen-bond donors (Lipinski definition) is 0. The lowest BCUT2D eigenvalue weighted by Gasteiger charge is -2.35. The van der Waals surface area contributed by atoms with Crippen molar-refractivity contribution >= 4 is 17.7 Å². The number of amides is 3. The van der Waals surface area contributed by atoms with Crippen molar-refractivity contribution in [3.05, 3.63) is 12.2 Å². The van der Waals surface area contributed by atoms with Crippen molar-refractivity contribution in [1.82, 2.24) is 9.80 Å². The summed E-state index contributed by atoms with van der Waals surface area (Å²) in [6.45, 7) is 5.60. The van der Waals surface area contributed by atoms with Gasteiger partial charge in [-0.1, -0.05) is 26.0 Å². The Morgan fingerprint density at radius 1 is 1.04 bits per heavy atom. The molecule has 2 saturated heterocycles. The highest BCUT2D eigenvalue weighted by Gasteiger charge is 2.61. The Labute approximate surface area is 149 Å². The number of carbonyl (C=O) groups excluding carboxylic acids is 3. The average Bonchev–Trinajstić information content (AvgIpc) is 3.27. The van der Waals surface area contributed by atoms with E-state index in [-0.39, 0.29) is 47.3 Å². The molecule has 5 heteroatoms. The van der Waals surface area contributed by atoms with E-state index in [1.807, 2.05) is 18.7 Å². The number of piperidine rings is 1. The molecule has 2 aliphatic heterocycles. The van der Waals surface area contributed by atoms with Crippen LogP contribution in [0.4, 0.5) is 0 Å². The fourth-order valence-electron chi connectivity index (χ4n) is 5.32. The molecule has 0 aromatic rings. The number of fused-ring (bicyclic) bond motifs is 5. The molecule has 1 saturated carbocycles. The Bertz CT molecular complexity index is 590. The van der Waals surface area contributed by atoms with Gasteiger partial charge in [-0.25, -0.2) is 0 Å². The average molecular weight is 344 g/mol. The molecule has 2 heterocycles. The first-order valence-electron chi connectivity index (χ1n) is 9.83. The minimum Gasteiger partial charge on any atom is -0.341 e. The lowest BCUT2D eigenvalue weighted by Crippen LogP contribution is -2.53. The van der Waals surface area contributed by atoms with Gasteiger partial charge in [-0.3, -0.25) is 19.3 Å². The van der Waals surface area contributed by atoms with Crippen LogP contribution in [0.1, 0.15) is 46.0 Å². The van der Waals surface area contributed by atoms with Gasteiger partial charge in [-0.05, 0) is 49.9 Å². The molecule has 3 fully saturated rings. The molecule has 2 bridgehead atoms. The minimum absolute atomic E-state index is 0.0182. The molecule has 0 aromatic heterocycles.